The fourth-order valence-electron chi connectivity index (χ4n) is 4.05. The van der Waals surface area contributed by atoms with Crippen LogP contribution in [0.3, 0.4) is 0 Å². The molecule has 0 amide bonds. The quantitative estimate of drug-likeness (QED) is 0.526. The Hall–Kier alpha value is -1.49. The minimum absolute atomic E-state index is 0.0185. The van der Waals surface area contributed by atoms with E-state index in [1.54, 1.807) is 11.8 Å². The third kappa shape index (κ3) is 4.40. The molecule has 2 bridgehead atoms. The van der Waals surface area contributed by atoms with Crippen molar-refractivity contribution in [1.82, 2.24) is 13.6 Å². The fourth-order valence-corrected chi connectivity index (χ4v) is 5.85. The molecule has 4 atom stereocenters. The van der Waals surface area contributed by atoms with Gasteiger partial charge >= 0.3 is 0 Å². The van der Waals surface area contributed by atoms with Crippen molar-refractivity contribution in [3.05, 3.63) is 41.1 Å². The summed E-state index contributed by atoms with van der Waals surface area (Å²) in [7, 11) is 0. The summed E-state index contributed by atoms with van der Waals surface area (Å²) in [6.45, 7) is 7.64. The molecule has 2 fully saturated rings. The van der Waals surface area contributed by atoms with Gasteiger partial charge in [-0.05, 0) is 43.4 Å². The Kier molecular flexibility index (Phi) is 6.00. The molecule has 0 N–H and O–H groups in total. The third-order valence-electron chi connectivity index (χ3n) is 5.46. The van der Waals surface area contributed by atoms with Gasteiger partial charge < -0.3 is 4.90 Å². The lowest BCUT2D eigenvalue weighted by molar-refractivity contribution is 0.269. The number of fused-ring (bicyclic) bond motifs is 2. The average molecular weight is 420 g/mol. The summed E-state index contributed by atoms with van der Waals surface area (Å²) >= 11 is 2.91. The van der Waals surface area contributed by atoms with Crippen molar-refractivity contribution in [1.29, 1.82) is 0 Å². The number of benzene rings is 1. The number of piperidine rings is 1. The zero-order chi connectivity index (χ0) is 19.7. The van der Waals surface area contributed by atoms with Crippen LogP contribution in [0.2, 0.25) is 0 Å². The molecular weight excluding hydrogens is 396 g/mol. The first kappa shape index (κ1) is 19.8. The van der Waals surface area contributed by atoms with Crippen LogP contribution in [0.25, 0.3) is 0 Å². The van der Waals surface area contributed by atoms with Crippen molar-refractivity contribution in [2.24, 2.45) is 11.8 Å². The Morgan fingerprint density at radius 2 is 1.96 bits per heavy atom. The van der Waals surface area contributed by atoms with E-state index in [2.05, 4.69) is 39.3 Å². The van der Waals surface area contributed by atoms with Crippen LogP contribution in [-0.4, -0.2) is 38.5 Å². The molecule has 7 heteroatoms. The number of aromatic nitrogens is 2. The molecule has 2 aromatic rings. The van der Waals surface area contributed by atoms with Crippen molar-refractivity contribution >= 4 is 23.5 Å². The smallest absolute Gasteiger partial charge is 0.135 e. The van der Waals surface area contributed by atoms with Crippen LogP contribution >= 0.6 is 23.5 Å². The molecule has 4 rings (SSSR count). The van der Waals surface area contributed by atoms with Gasteiger partial charge in [-0.15, -0.1) is 0 Å². The molecule has 28 heavy (non-hydrogen) atoms. The Morgan fingerprint density at radius 1 is 1.18 bits per heavy atom. The maximum absolute atomic E-state index is 13.4. The Labute approximate surface area is 173 Å². The van der Waals surface area contributed by atoms with E-state index >= 15 is 0 Å². The highest BCUT2D eigenvalue weighted by Crippen LogP contribution is 2.42. The zero-order valence-electron chi connectivity index (χ0n) is 16.0. The van der Waals surface area contributed by atoms with E-state index in [4.69, 9.17) is 0 Å². The van der Waals surface area contributed by atoms with Crippen molar-refractivity contribution in [2.45, 2.75) is 42.9 Å². The molecule has 3 heterocycles. The number of nitrogens with zero attached hydrogens (tertiary/aromatic N) is 3. The number of halogens is 2. The SMILES string of the molecule is CC(C)C(C#Cc1cc(F)cc(F)c1)Sc1nsnc1[C@H]1CN2CCC[C@H]1C2. The molecule has 2 aliphatic rings. The zero-order valence-corrected chi connectivity index (χ0v) is 17.6. The third-order valence-corrected chi connectivity index (χ3v) is 7.56. The van der Waals surface area contributed by atoms with E-state index in [9.17, 15) is 8.78 Å². The molecule has 0 radical (unpaired) electrons. The van der Waals surface area contributed by atoms with Crippen LogP contribution < -0.4 is 0 Å². The first-order valence-corrected chi connectivity index (χ1v) is 11.3. The molecule has 2 unspecified atom stereocenters. The predicted octanol–water partition coefficient (Wildman–Crippen LogP) is 4.79. The summed E-state index contributed by atoms with van der Waals surface area (Å²) in [5.74, 6) is 6.34. The van der Waals surface area contributed by atoms with Crippen LogP contribution in [0.15, 0.2) is 23.2 Å². The van der Waals surface area contributed by atoms with Crippen molar-refractivity contribution in [3.8, 4) is 11.8 Å². The van der Waals surface area contributed by atoms with Gasteiger partial charge in [-0.25, -0.2) is 8.78 Å². The summed E-state index contributed by atoms with van der Waals surface area (Å²) in [4.78, 5) is 2.53. The summed E-state index contributed by atoms with van der Waals surface area (Å²) in [6.07, 6.45) is 2.53. The van der Waals surface area contributed by atoms with Crippen LogP contribution in [0, 0.1) is 35.3 Å². The molecule has 0 spiro atoms. The molecule has 2 saturated heterocycles. The summed E-state index contributed by atoms with van der Waals surface area (Å²) in [5.41, 5.74) is 1.48. The topological polar surface area (TPSA) is 29.0 Å². The van der Waals surface area contributed by atoms with Gasteiger partial charge in [-0.3, -0.25) is 0 Å². The minimum Gasteiger partial charge on any atom is -0.302 e. The largest absolute Gasteiger partial charge is 0.302 e. The molecular formula is C21H23F2N3S2. The predicted molar refractivity (Wildman–Crippen MR) is 110 cm³/mol. The molecule has 3 nitrogen and oxygen atoms in total. The highest BCUT2D eigenvalue weighted by atomic mass is 32.2. The van der Waals surface area contributed by atoms with Gasteiger partial charge in [-0.2, -0.15) is 8.75 Å². The van der Waals surface area contributed by atoms with Gasteiger partial charge in [0.25, 0.3) is 0 Å². The molecule has 2 aliphatic heterocycles. The van der Waals surface area contributed by atoms with Gasteiger partial charge in [-0.1, -0.05) is 37.5 Å². The monoisotopic (exact) mass is 419 g/mol. The maximum Gasteiger partial charge on any atom is 0.135 e. The fraction of sp³-hybridized carbons (Fsp3) is 0.524. The van der Waals surface area contributed by atoms with Crippen LogP contribution in [-0.2, 0) is 0 Å². The first-order chi connectivity index (χ1) is 13.5. The number of rotatable bonds is 4. The van der Waals surface area contributed by atoms with Gasteiger partial charge in [0.05, 0.1) is 22.7 Å². The molecule has 1 aromatic heterocycles. The van der Waals surface area contributed by atoms with Crippen LogP contribution in [0.5, 0.6) is 0 Å². The van der Waals surface area contributed by atoms with Crippen molar-refractivity contribution in [2.75, 3.05) is 19.6 Å². The minimum atomic E-state index is -0.605. The van der Waals surface area contributed by atoms with Gasteiger partial charge in [0.1, 0.15) is 16.7 Å². The first-order valence-electron chi connectivity index (χ1n) is 9.68. The summed E-state index contributed by atoms with van der Waals surface area (Å²) < 4.78 is 36.0. The van der Waals surface area contributed by atoms with E-state index in [1.807, 2.05) is 0 Å². The Bertz CT molecular complexity index is 882. The van der Waals surface area contributed by atoms with Gasteiger partial charge in [0.15, 0.2) is 0 Å². The maximum atomic E-state index is 13.4. The van der Waals surface area contributed by atoms with Crippen LogP contribution in [0.1, 0.15) is 43.9 Å². The highest BCUT2D eigenvalue weighted by Gasteiger charge is 2.39. The van der Waals surface area contributed by atoms with Crippen molar-refractivity contribution in [3.63, 3.8) is 0 Å². The van der Waals surface area contributed by atoms with E-state index in [1.165, 1.54) is 49.8 Å². The normalized spacial score (nSPS) is 24.8. The highest BCUT2D eigenvalue weighted by molar-refractivity contribution is 8.00. The van der Waals surface area contributed by atoms with E-state index in [0.717, 1.165) is 23.3 Å². The van der Waals surface area contributed by atoms with E-state index < -0.39 is 11.6 Å². The lowest BCUT2D eigenvalue weighted by Gasteiger charge is -2.21. The molecule has 148 valence electrons. The van der Waals surface area contributed by atoms with Gasteiger partial charge in [0, 0.05) is 30.6 Å². The second kappa shape index (κ2) is 8.48. The Balaban J connectivity index is 1.54. The lowest BCUT2D eigenvalue weighted by Crippen LogP contribution is -2.25. The van der Waals surface area contributed by atoms with E-state index in [0.29, 0.717) is 17.4 Å². The summed E-state index contributed by atoms with van der Waals surface area (Å²) in [5, 5.41) is 0.956. The van der Waals surface area contributed by atoms with Crippen molar-refractivity contribution < 1.29 is 8.78 Å². The lowest BCUT2D eigenvalue weighted by atomic mass is 9.89. The Morgan fingerprint density at radius 3 is 2.68 bits per heavy atom. The van der Waals surface area contributed by atoms with Crippen LogP contribution in [0.4, 0.5) is 8.78 Å². The van der Waals surface area contributed by atoms with E-state index in [-0.39, 0.29) is 11.2 Å². The summed E-state index contributed by atoms with van der Waals surface area (Å²) in [6, 6.07) is 3.39. The molecule has 0 saturated carbocycles. The number of hydrogen-bond donors (Lipinski definition) is 0. The second-order valence-electron chi connectivity index (χ2n) is 7.93. The molecule has 1 aromatic carbocycles. The van der Waals surface area contributed by atoms with Gasteiger partial charge in [0.2, 0.25) is 0 Å². The average Bonchev–Trinajstić information content (AvgIpc) is 3.21. The second-order valence-corrected chi connectivity index (χ2v) is 9.59. The number of hydrogen-bond acceptors (Lipinski definition) is 5. The number of thioether (sulfide) groups is 1. The molecule has 0 aliphatic carbocycles. The standard InChI is InChI=1S/C21H23F2N3S2/c1-13(2)19(6-5-14-8-16(22)10-17(23)9-14)27-21-20(24-28-25-21)18-12-26-7-3-4-15(18)11-26/h8-10,13,15,18-19H,3-4,7,11-12H2,1-2H3/t15-,18-,19?/m0/s1.